The number of esters is 1. The molecule has 3 rings (SSSR count). The standard InChI is InChI=1S/C23H31ClN4O6/c1-13-11-26(22(32)33)9-10-27(13)16-6-5-14-15(19(16)24)12-28(21(14)31)17(20(25)30)7-8-18(29)34-23(2,3)4/h5-6,13,17H,7-12H2,1-4H3,(H2,25,30)(H,32,33)/t13-,17?/m1/s1. The number of carbonyl (C=O) groups excluding carboxylic acids is 3. The van der Waals surface area contributed by atoms with Crippen molar-refractivity contribution in [2.45, 2.75) is 64.8 Å². The number of fused-ring (bicyclic) bond motifs is 1. The van der Waals surface area contributed by atoms with Crippen LogP contribution in [0.1, 0.15) is 56.5 Å². The van der Waals surface area contributed by atoms with Crippen LogP contribution in [-0.2, 0) is 20.9 Å². The Kier molecular flexibility index (Phi) is 7.30. The molecule has 1 unspecified atom stereocenters. The first kappa shape index (κ1) is 25.6. The predicted molar refractivity (Wildman–Crippen MR) is 126 cm³/mol. The number of nitrogens with two attached hydrogens (primary N) is 1. The quantitative estimate of drug-likeness (QED) is 0.580. The summed E-state index contributed by atoms with van der Waals surface area (Å²) in [7, 11) is 0. The molecule has 1 fully saturated rings. The molecule has 3 N–H and O–H groups in total. The molecule has 0 aromatic heterocycles. The molecule has 1 saturated heterocycles. The van der Waals surface area contributed by atoms with E-state index in [4.69, 9.17) is 22.1 Å². The van der Waals surface area contributed by atoms with Crippen LogP contribution >= 0.6 is 11.6 Å². The molecule has 3 amide bonds. The van der Waals surface area contributed by atoms with E-state index >= 15 is 0 Å². The summed E-state index contributed by atoms with van der Waals surface area (Å²) >= 11 is 6.73. The smallest absolute Gasteiger partial charge is 0.407 e. The van der Waals surface area contributed by atoms with Crippen LogP contribution < -0.4 is 10.6 Å². The van der Waals surface area contributed by atoms with Gasteiger partial charge in [-0.2, -0.15) is 0 Å². The maximum absolute atomic E-state index is 13.1. The number of hydrogen-bond acceptors (Lipinski definition) is 6. The van der Waals surface area contributed by atoms with Crippen LogP contribution in [0, 0.1) is 0 Å². The van der Waals surface area contributed by atoms with Gasteiger partial charge in [0.1, 0.15) is 11.6 Å². The molecule has 1 aromatic carbocycles. The van der Waals surface area contributed by atoms with Gasteiger partial charge >= 0.3 is 12.1 Å². The number of carboxylic acid groups (broad SMARTS) is 1. The molecule has 0 aliphatic carbocycles. The molecule has 2 aliphatic heterocycles. The number of carbonyl (C=O) groups is 4. The van der Waals surface area contributed by atoms with E-state index in [1.165, 1.54) is 9.80 Å². The SMILES string of the molecule is C[C@@H]1CN(C(=O)O)CCN1c1ccc2c(c1Cl)CN(C(CCC(=O)OC(C)(C)C)C(N)=O)C2=O. The molecule has 186 valence electrons. The zero-order chi connectivity index (χ0) is 25.4. The van der Waals surface area contributed by atoms with Crippen molar-refractivity contribution in [3.63, 3.8) is 0 Å². The summed E-state index contributed by atoms with van der Waals surface area (Å²) in [5.41, 5.74) is 6.60. The molecule has 10 nitrogen and oxygen atoms in total. The third-order valence-electron chi connectivity index (χ3n) is 6.00. The van der Waals surface area contributed by atoms with E-state index < -0.39 is 29.6 Å². The van der Waals surface area contributed by atoms with E-state index in [0.29, 0.717) is 41.5 Å². The molecular weight excluding hydrogens is 464 g/mol. The Labute approximate surface area is 203 Å². The Balaban J connectivity index is 1.78. The predicted octanol–water partition coefficient (Wildman–Crippen LogP) is 2.46. The van der Waals surface area contributed by atoms with Crippen molar-refractivity contribution in [3.8, 4) is 0 Å². The van der Waals surface area contributed by atoms with Crippen molar-refractivity contribution in [3.05, 3.63) is 28.3 Å². The van der Waals surface area contributed by atoms with E-state index in [0.717, 1.165) is 0 Å². The summed E-state index contributed by atoms with van der Waals surface area (Å²) in [6.07, 6.45) is -0.977. The third-order valence-corrected chi connectivity index (χ3v) is 6.42. The number of primary amides is 1. The Morgan fingerprint density at radius 3 is 2.50 bits per heavy atom. The molecule has 34 heavy (non-hydrogen) atoms. The van der Waals surface area contributed by atoms with Crippen molar-refractivity contribution in [1.29, 1.82) is 0 Å². The zero-order valence-corrected chi connectivity index (χ0v) is 20.6. The van der Waals surface area contributed by atoms with E-state index in [2.05, 4.69) is 0 Å². The van der Waals surface area contributed by atoms with Gasteiger partial charge in [-0.25, -0.2) is 4.79 Å². The number of benzene rings is 1. The Morgan fingerprint density at radius 1 is 1.26 bits per heavy atom. The minimum Gasteiger partial charge on any atom is -0.465 e. The number of anilines is 1. The van der Waals surface area contributed by atoms with Gasteiger partial charge in [0.05, 0.1) is 10.7 Å². The van der Waals surface area contributed by atoms with Crippen molar-refractivity contribution < 1.29 is 29.0 Å². The lowest BCUT2D eigenvalue weighted by molar-refractivity contribution is -0.155. The molecule has 0 spiro atoms. The van der Waals surface area contributed by atoms with Gasteiger partial charge in [0.2, 0.25) is 5.91 Å². The Morgan fingerprint density at radius 2 is 1.94 bits per heavy atom. The van der Waals surface area contributed by atoms with Gasteiger partial charge in [-0.15, -0.1) is 0 Å². The average molecular weight is 495 g/mol. The topological polar surface area (TPSA) is 133 Å². The number of nitrogens with zero attached hydrogens (tertiary/aromatic N) is 3. The normalized spacial score (nSPS) is 19.1. The van der Waals surface area contributed by atoms with Gasteiger partial charge in [-0.05, 0) is 46.2 Å². The highest BCUT2D eigenvalue weighted by Crippen LogP contribution is 2.39. The fraction of sp³-hybridized carbons (Fsp3) is 0.565. The second kappa shape index (κ2) is 9.69. The van der Waals surface area contributed by atoms with Gasteiger partial charge in [0.25, 0.3) is 5.91 Å². The fourth-order valence-electron chi connectivity index (χ4n) is 4.42. The van der Waals surface area contributed by atoms with Crippen LogP contribution in [0.4, 0.5) is 10.5 Å². The Hall–Kier alpha value is -3.01. The molecule has 1 aromatic rings. The van der Waals surface area contributed by atoms with Crippen LogP contribution in [0.15, 0.2) is 12.1 Å². The number of amides is 3. The van der Waals surface area contributed by atoms with Crippen LogP contribution in [0.3, 0.4) is 0 Å². The third kappa shape index (κ3) is 5.38. The highest BCUT2D eigenvalue weighted by Gasteiger charge is 2.38. The highest BCUT2D eigenvalue weighted by molar-refractivity contribution is 6.35. The van der Waals surface area contributed by atoms with E-state index in [1.807, 2.05) is 11.8 Å². The highest BCUT2D eigenvalue weighted by atomic mass is 35.5. The molecule has 0 radical (unpaired) electrons. The van der Waals surface area contributed by atoms with Gasteiger partial charge in [0.15, 0.2) is 0 Å². The number of rotatable bonds is 6. The maximum Gasteiger partial charge on any atom is 0.407 e. The lowest BCUT2D eigenvalue weighted by Gasteiger charge is -2.40. The van der Waals surface area contributed by atoms with Gasteiger partial charge in [0, 0.05) is 49.8 Å². The summed E-state index contributed by atoms with van der Waals surface area (Å²) < 4.78 is 5.29. The maximum atomic E-state index is 13.1. The van der Waals surface area contributed by atoms with Crippen molar-refractivity contribution in [2.75, 3.05) is 24.5 Å². The van der Waals surface area contributed by atoms with Gasteiger partial charge in [-0.1, -0.05) is 11.6 Å². The minimum atomic E-state index is -0.982. The fourth-order valence-corrected chi connectivity index (χ4v) is 4.76. The molecule has 2 heterocycles. The van der Waals surface area contributed by atoms with Gasteiger partial charge < -0.3 is 30.3 Å². The van der Waals surface area contributed by atoms with Crippen molar-refractivity contribution in [2.24, 2.45) is 5.73 Å². The van der Waals surface area contributed by atoms with E-state index in [9.17, 15) is 24.3 Å². The van der Waals surface area contributed by atoms with Crippen molar-refractivity contribution in [1.82, 2.24) is 9.80 Å². The molecule has 2 atom stereocenters. The minimum absolute atomic E-state index is 0.0443. The second-order valence-electron chi connectivity index (χ2n) is 9.67. The monoisotopic (exact) mass is 494 g/mol. The largest absolute Gasteiger partial charge is 0.465 e. The molecule has 0 bridgehead atoms. The second-order valence-corrected chi connectivity index (χ2v) is 10.1. The lowest BCUT2D eigenvalue weighted by Crippen LogP contribution is -2.53. The van der Waals surface area contributed by atoms with Crippen molar-refractivity contribution >= 4 is 41.2 Å². The average Bonchev–Trinajstić information content (AvgIpc) is 3.04. The number of hydrogen-bond donors (Lipinski definition) is 2. The van der Waals surface area contributed by atoms with Gasteiger partial charge in [-0.3, -0.25) is 14.4 Å². The Bertz CT molecular complexity index is 1010. The molecule has 0 saturated carbocycles. The van der Waals surface area contributed by atoms with Crippen LogP contribution in [0.25, 0.3) is 0 Å². The molecular formula is C23H31ClN4O6. The summed E-state index contributed by atoms with van der Waals surface area (Å²) in [4.78, 5) is 53.4. The van der Waals surface area contributed by atoms with Crippen LogP contribution in [0.5, 0.6) is 0 Å². The summed E-state index contributed by atoms with van der Waals surface area (Å²) in [5, 5.41) is 9.64. The molecule has 11 heteroatoms. The number of ether oxygens (including phenoxy) is 1. The zero-order valence-electron chi connectivity index (χ0n) is 19.8. The summed E-state index contributed by atoms with van der Waals surface area (Å²) in [5.74, 6) is -1.56. The first-order valence-electron chi connectivity index (χ1n) is 11.2. The number of piperazine rings is 1. The summed E-state index contributed by atoms with van der Waals surface area (Å²) in [6, 6.07) is 2.32. The summed E-state index contributed by atoms with van der Waals surface area (Å²) in [6.45, 7) is 8.39. The first-order chi connectivity index (χ1) is 15.8. The molecule has 2 aliphatic rings. The van der Waals surface area contributed by atoms with Crippen LogP contribution in [0.2, 0.25) is 5.02 Å². The first-order valence-corrected chi connectivity index (χ1v) is 11.6. The lowest BCUT2D eigenvalue weighted by atomic mass is 10.1. The van der Waals surface area contributed by atoms with Crippen LogP contribution in [-0.4, -0.2) is 76.1 Å². The van der Waals surface area contributed by atoms with E-state index in [-0.39, 0.29) is 31.3 Å². The number of halogens is 1. The van der Waals surface area contributed by atoms with E-state index in [1.54, 1.807) is 32.9 Å².